The predicted octanol–water partition coefficient (Wildman–Crippen LogP) is 3.35. The van der Waals surface area contributed by atoms with Gasteiger partial charge in [-0.25, -0.2) is 0 Å². The lowest BCUT2D eigenvalue weighted by atomic mass is 9.85. The maximum atomic E-state index is 6.08. The van der Waals surface area contributed by atoms with E-state index in [2.05, 4.69) is 43.0 Å². The van der Waals surface area contributed by atoms with Crippen molar-refractivity contribution < 1.29 is 4.74 Å². The summed E-state index contributed by atoms with van der Waals surface area (Å²) < 4.78 is 5.92. The highest BCUT2D eigenvalue weighted by Gasteiger charge is 2.36. The van der Waals surface area contributed by atoms with Crippen molar-refractivity contribution in [2.24, 2.45) is 11.7 Å². The standard InChI is InChI=1S/C18H28N2O/c1-3-20(15-10-8-14(19)9-11-15)18-13(2)12-21-17-7-5-4-6-16(17)18/h4-7,13-15,18H,3,8-12,19H2,1-2H3. The average Bonchev–Trinajstić information content (AvgIpc) is 2.52. The first-order chi connectivity index (χ1) is 10.2. The molecule has 1 heterocycles. The third-order valence-electron chi connectivity index (χ3n) is 5.21. The summed E-state index contributed by atoms with van der Waals surface area (Å²) in [7, 11) is 0. The van der Waals surface area contributed by atoms with Gasteiger partial charge in [0.05, 0.1) is 6.61 Å². The van der Waals surface area contributed by atoms with Crippen LogP contribution in [0.25, 0.3) is 0 Å². The molecule has 0 bridgehead atoms. The summed E-state index contributed by atoms with van der Waals surface area (Å²) in [6.45, 7) is 6.53. The van der Waals surface area contributed by atoms with Gasteiger partial charge in [0, 0.05) is 29.6 Å². The number of fused-ring (bicyclic) bond motifs is 1. The second-order valence-corrected chi connectivity index (χ2v) is 6.67. The molecule has 2 atom stereocenters. The van der Waals surface area contributed by atoms with Gasteiger partial charge in [0.15, 0.2) is 0 Å². The van der Waals surface area contributed by atoms with Crippen LogP contribution in [0.15, 0.2) is 24.3 Å². The molecule has 1 aliphatic carbocycles. The van der Waals surface area contributed by atoms with Crippen LogP contribution >= 0.6 is 0 Å². The van der Waals surface area contributed by atoms with Crippen LogP contribution in [0.1, 0.15) is 51.1 Å². The molecule has 1 saturated carbocycles. The molecule has 1 aromatic rings. The van der Waals surface area contributed by atoms with Crippen LogP contribution in [0.2, 0.25) is 0 Å². The molecule has 1 fully saturated rings. The number of para-hydroxylation sites is 1. The monoisotopic (exact) mass is 288 g/mol. The predicted molar refractivity (Wildman–Crippen MR) is 86.5 cm³/mol. The third kappa shape index (κ3) is 2.95. The van der Waals surface area contributed by atoms with Crippen LogP contribution in [0.4, 0.5) is 0 Å². The Morgan fingerprint density at radius 1 is 1.19 bits per heavy atom. The number of nitrogens with zero attached hydrogens (tertiary/aromatic N) is 1. The Morgan fingerprint density at radius 2 is 1.90 bits per heavy atom. The van der Waals surface area contributed by atoms with E-state index in [4.69, 9.17) is 10.5 Å². The smallest absolute Gasteiger partial charge is 0.124 e. The van der Waals surface area contributed by atoms with Crippen molar-refractivity contribution in [3.63, 3.8) is 0 Å². The lowest BCUT2D eigenvalue weighted by Gasteiger charge is -2.45. The molecule has 0 spiro atoms. The molecule has 1 aliphatic heterocycles. The van der Waals surface area contributed by atoms with Crippen molar-refractivity contribution in [1.29, 1.82) is 0 Å². The lowest BCUT2D eigenvalue weighted by molar-refractivity contribution is 0.0433. The molecule has 3 nitrogen and oxygen atoms in total. The molecule has 0 saturated heterocycles. The van der Waals surface area contributed by atoms with E-state index in [0.717, 1.165) is 18.9 Å². The Balaban J connectivity index is 1.86. The Bertz CT molecular complexity index is 468. The molecule has 3 rings (SSSR count). The van der Waals surface area contributed by atoms with E-state index in [9.17, 15) is 0 Å². The van der Waals surface area contributed by atoms with Crippen LogP contribution in [0, 0.1) is 5.92 Å². The van der Waals surface area contributed by atoms with Crippen LogP contribution in [0.3, 0.4) is 0 Å². The van der Waals surface area contributed by atoms with Gasteiger partial charge in [-0.3, -0.25) is 4.90 Å². The normalized spacial score (nSPS) is 32.6. The van der Waals surface area contributed by atoms with E-state index in [1.54, 1.807) is 0 Å². The van der Waals surface area contributed by atoms with Crippen molar-refractivity contribution >= 4 is 0 Å². The zero-order chi connectivity index (χ0) is 14.8. The summed E-state index contributed by atoms with van der Waals surface area (Å²) in [6.07, 6.45) is 4.81. The van der Waals surface area contributed by atoms with Crippen molar-refractivity contribution in [3.8, 4) is 5.75 Å². The van der Waals surface area contributed by atoms with Crippen LogP contribution in [-0.2, 0) is 0 Å². The van der Waals surface area contributed by atoms with Crippen LogP contribution in [-0.4, -0.2) is 30.1 Å². The highest BCUT2D eigenvalue weighted by molar-refractivity contribution is 5.38. The van der Waals surface area contributed by atoms with Crippen molar-refractivity contribution in [1.82, 2.24) is 4.90 Å². The number of benzene rings is 1. The second kappa shape index (κ2) is 6.37. The fraction of sp³-hybridized carbons (Fsp3) is 0.667. The van der Waals surface area contributed by atoms with E-state index in [1.165, 1.54) is 31.2 Å². The summed E-state index contributed by atoms with van der Waals surface area (Å²) in [6, 6.07) is 10.1. The van der Waals surface area contributed by atoms with Gasteiger partial charge in [0.1, 0.15) is 5.75 Å². The van der Waals surface area contributed by atoms with Crippen molar-refractivity contribution in [2.75, 3.05) is 13.2 Å². The molecule has 2 N–H and O–H groups in total. The van der Waals surface area contributed by atoms with Crippen LogP contribution in [0.5, 0.6) is 5.75 Å². The number of hydrogen-bond donors (Lipinski definition) is 1. The summed E-state index contributed by atoms with van der Waals surface area (Å²) >= 11 is 0. The summed E-state index contributed by atoms with van der Waals surface area (Å²) in [5.74, 6) is 1.61. The lowest BCUT2D eigenvalue weighted by Crippen LogP contribution is -2.46. The second-order valence-electron chi connectivity index (χ2n) is 6.67. The first-order valence-electron chi connectivity index (χ1n) is 8.43. The molecular formula is C18H28N2O. The number of rotatable bonds is 3. The van der Waals surface area contributed by atoms with Gasteiger partial charge in [0.2, 0.25) is 0 Å². The maximum absolute atomic E-state index is 6.08. The largest absolute Gasteiger partial charge is 0.493 e. The highest BCUT2D eigenvalue weighted by Crippen LogP contribution is 2.41. The third-order valence-corrected chi connectivity index (χ3v) is 5.21. The summed E-state index contributed by atoms with van der Waals surface area (Å²) in [5.41, 5.74) is 7.45. The number of hydrogen-bond acceptors (Lipinski definition) is 3. The van der Waals surface area contributed by atoms with E-state index >= 15 is 0 Å². The molecule has 1 aromatic carbocycles. The molecule has 0 amide bonds. The van der Waals surface area contributed by atoms with E-state index in [0.29, 0.717) is 24.0 Å². The minimum Gasteiger partial charge on any atom is -0.493 e. The molecular weight excluding hydrogens is 260 g/mol. The Hall–Kier alpha value is -1.06. The SMILES string of the molecule is CCN(C1CCC(N)CC1)C1c2ccccc2OCC1C. The zero-order valence-electron chi connectivity index (χ0n) is 13.3. The Kier molecular flexibility index (Phi) is 4.51. The quantitative estimate of drug-likeness (QED) is 0.927. The van der Waals surface area contributed by atoms with E-state index < -0.39 is 0 Å². The number of ether oxygens (including phenoxy) is 1. The topological polar surface area (TPSA) is 38.5 Å². The van der Waals surface area contributed by atoms with Gasteiger partial charge in [-0.05, 0) is 38.3 Å². The van der Waals surface area contributed by atoms with Gasteiger partial charge >= 0.3 is 0 Å². The summed E-state index contributed by atoms with van der Waals surface area (Å²) in [4.78, 5) is 2.71. The highest BCUT2D eigenvalue weighted by atomic mass is 16.5. The van der Waals surface area contributed by atoms with Gasteiger partial charge in [-0.15, -0.1) is 0 Å². The van der Waals surface area contributed by atoms with E-state index in [1.807, 2.05) is 0 Å². The Labute approximate surface area is 128 Å². The minimum atomic E-state index is 0.416. The fourth-order valence-corrected chi connectivity index (χ4v) is 4.10. The fourth-order valence-electron chi connectivity index (χ4n) is 4.10. The Morgan fingerprint density at radius 3 is 2.62 bits per heavy atom. The first kappa shape index (κ1) is 14.9. The zero-order valence-corrected chi connectivity index (χ0v) is 13.3. The van der Waals surface area contributed by atoms with Crippen LogP contribution < -0.4 is 10.5 Å². The molecule has 21 heavy (non-hydrogen) atoms. The van der Waals surface area contributed by atoms with Gasteiger partial charge in [0.25, 0.3) is 0 Å². The first-order valence-corrected chi connectivity index (χ1v) is 8.43. The van der Waals surface area contributed by atoms with Gasteiger partial charge in [-0.2, -0.15) is 0 Å². The van der Waals surface area contributed by atoms with Crippen molar-refractivity contribution in [3.05, 3.63) is 29.8 Å². The maximum Gasteiger partial charge on any atom is 0.124 e. The molecule has 2 aliphatic rings. The molecule has 116 valence electrons. The average molecular weight is 288 g/mol. The molecule has 0 aromatic heterocycles. The van der Waals surface area contributed by atoms with E-state index in [-0.39, 0.29) is 0 Å². The molecule has 0 radical (unpaired) electrons. The number of nitrogens with two attached hydrogens (primary N) is 1. The minimum absolute atomic E-state index is 0.416. The molecule has 3 heteroatoms. The summed E-state index contributed by atoms with van der Waals surface area (Å²) in [5, 5.41) is 0. The van der Waals surface area contributed by atoms with Gasteiger partial charge in [-0.1, -0.05) is 32.0 Å². The molecule has 2 unspecified atom stereocenters. The van der Waals surface area contributed by atoms with Gasteiger partial charge < -0.3 is 10.5 Å². The van der Waals surface area contributed by atoms with Crippen molar-refractivity contribution in [2.45, 2.75) is 57.7 Å².